The van der Waals surface area contributed by atoms with Crippen molar-refractivity contribution in [3.63, 3.8) is 0 Å². The number of urea groups is 1. The van der Waals surface area contributed by atoms with Gasteiger partial charge in [-0.2, -0.15) is 0 Å². The second-order valence-electron chi connectivity index (χ2n) is 5.47. The van der Waals surface area contributed by atoms with E-state index in [-0.39, 0.29) is 6.03 Å². The van der Waals surface area contributed by atoms with Gasteiger partial charge in [0.1, 0.15) is 0 Å². The fourth-order valence-electron chi connectivity index (χ4n) is 2.25. The molecule has 1 aromatic carbocycles. The van der Waals surface area contributed by atoms with E-state index < -0.39 is 0 Å². The van der Waals surface area contributed by atoms with Gasteiger partial charge in [-0.1, -0.05) is 62.9 Å². The minimum atomic E-state index is -0.0681. The lowest BCUT2D eigenvalue weighted by atomic mass is 9.99. The van der Waals surface area contributed by atoms with Gasteiger partial charge >= 0.3 is 6.03 Å². The van der Waals surface area contributed by atoms with E-state index in [1.807, 2.05) is 12.1 Å². The van der Waals surface area contributed by atoms with Gasteiger partial charge in [0.15, 0.2) is 0 Å². The molecule has 0 saturated carbocycles. The lowest BCUT2D eigenvalue weighted by Crippen LogP contribution is -2.37. The van der Waals surface area contributed by atoms with Crippen molar-refractivity contribution < 1.29 is 4.79 Å². The van der Waals surface area contributed by atoms with E-state index in [0.29, 0.717) is 12.5 Å². The first-order valence-corrected chi connectivity index (χ1v) is 7.73. The number of benzene rings is 1. The number of aryl methyl sites for hydroxylation is 1. The number of hydrogen-bond donors (Lipinski definition) is 2. The van der Waals surface area contributed by atoms with Crippen LogP contribution in [0.5, 0.6) is 0 Å². The van der Waals surface area contributed by atoms with Crippen LogP contribution in [0.1, 0.15) is 50.7 Å². The fourth-order valence-corrected chi connectivity index (χ4v) is 2.25. The van der Waals surface area contributed by atoms with Gasteiger partial charge in [-0.25, -0.2) is 4.79 Å². The van der Waals surface area contributed by atoms with Crippen molar-refractivity contribution >= 4 is 6.03 Å². The van der Waals surface area contributed by atoms with Crippen molar-refractivity contribution in [1.29, 1.82) is 0 Å². The molecule has 2 amide bonds. The standard InChI is InChI=1S/C17H28N2O/c1-4-6-9-15(5-2)12-18-17(20)19-13-16-10-7-8-14(3)11-16/h7-8,10-11,15H,4-6,9,12-13H2,1-3H3,(H2,18,19,20). The molecule has 0 heterocycles. The smallest absolute Gasteiger partial charge is 0.315 e. The van der Waals surface area contributed by atoms with Crippen molar-refractivity contribution in [3.8, 4) is 0 Å². The Kier molecular flexibility index (Phi) is 7.78. The first-order valence-electron chi connectivity index (χ1n) is 7.73. The van der Waals surface area contributed by atoms with Gasteiger partial charge in [-0.3, -0.25) is 0 Å². The Morgan fingerprint density at radius 2 is 2.05 bits per heavy atom. The summed E-state index contributed by atoms with van der Waals surface area (Å²) in [6.07, 6.45) is 4.78. The summed E-state index contributed by atoms with van der Waals surface area (Å²) >= 11 is 0. The zero-order chi connectivity index (χ0) is 14.8. The molecule has 1 unspecified atom stereocenters. The lowest BCUT2D eigenvalue weighted by molar-refractivity contribution is 0.237. The van der Waals surface area contributed by atoms with Crippen LogP contribution in [0.25, 0.3) is 0 Å². The summed E-state index contributed by atoms with van der Waals surface area (Å²) in [5.41, 5.74) is 2.36. The molecular formula is C17H28N2O. The summed E-state index contributed by atoms with van der Waals surface area (Å²) in [7, 11) is 0. The fraction of sp³-hybridized carbons (Fsp3) is 0.588. The van der Waals surface area contributed by atoms with E-state index in [1.54, 1.807) is 0 Å². The van der Waals surface area contributed by atoms with Gasteiger partial charge < -0.3 is 10.6 Å². The average molecular weight is 276 g/mol. The molecule has 0 radical (unpaired) electrons. The summed E-state index contributed by atoms with van der Waals surface area (Å²) in [5.74, 6) is 0.597. The molecule has 0 aromatic heterocycles. The van der Waals surface area contributed by atoms with Crippen molar-refractivity contribution in [1.82, 2.24) is 10.6 Å². The van der Waals surface area contributed by atoms with Gasteiger partial charge in [0.2, 0.25) is 0 Å². The summed E-state index contributed by atoms with van der Waals surface area (Å²) < 4.78 is 0. The number of nitrogens with one attached hydrogen (secondary N) is 2. The van der Waals surface area contributed by atoms with Crippen molar-refractivity contribution in [2.75, 3.05) is 6.54 Å². The van der Waals surface area contributed by atoms with Gasteiger partial charge in [0.25, 0.3) is 0 Å². The molecular weight excluding hydrogens is 248 g/mol. The number of hydrogen-bond acceptors (Lipinski definition) is 1. The molecule has 3 nitrogen and oxygen atoms in total. The van der Waals surface area contributed by atoms with Gasteiger partial charge in [0, 0.05) is 13.1 Å². The molecule has 112 valence electrons. The topological polar surface area (TPSA) is 41.1 Å². The molecule has 3 heteroatoms. The Hall–Kier alpha value is -1.51. The molecule has 0 spiro atoms. The second kappa shape index (κ2) is 9.40. The first-order chi connectivity index (χ1) is 9.65. The van der Waals surface area contributed by atoms with Crippen LogP contribution in [-0.4, -0.2) is 12.6 Å². The number of rotatable bonds is 8. The molecule has 1 aromatic rings. The SMILES string of the molecule is CCCCC(CC)CNC(=O)NCc1cccc(C)c1. The maximum atomic E-state index is 11.8. The molecule has 0 aliphatic heterocycles. The number of amides is 2. The number of carbonyl (C=O) groups is 1. The molecule has 20 heavy (non-hydrogen) atoms. The van der Waals surface area contributed by atoms with E-state index in [1.165, 1.54) is 24.8 Å². The molecule has 2 N–H and O–H groups in total. The quantitative estimate of drug-likeness (QED) is 0.740. The highest BCUT2D eigenvalue weighted by atomic mass is 16.2. The van der Waals surface area contributed by atoms with Crippen molar-refractivity contribution in [2.24, 2.45) is 5.92 Å². The van der Waals surface area contributed by atoms with Crippen LogP contribution in [0.3, 0.4) is 0 Å². The van der Waals surface area contributed by atoms with Crippen LogP contribution >= 0.6 is 0 Å². The Morgan fingerprint density at radius 3 is 2.70 bits per heavy atom. The average Bonchev–Trinajstić information content (AvgIpc) is 2.45. The van der Waals surface area contributed by atoms with E-state index in [9.17, 15) is 4.79 Å². The number of carbonyl (C=O) groups excluding carboxylic acids is 1. The molecule has 1 rings (SSSR count). The van der Waals surface area contributed by atoms with Crippen LogP contribution < -0.4 is 10.6 Å². The molecule has 0 fully saturated rings. The largest absolute Gasteiger partial charge is 0.338 e. The molecule has 0 bridgehead atoms. The number of unbranched alkanes of at least 4 members (excludes halogenated alkanes) is 1. The zero-order valence-electron chi connectivity index (χ0n) is 13.0. The van der Waals surface area contributed by atoms with Crippen molar-refractivity contribution in [2.45, 2.75) is 53.0 Å². The van der Waals surface area contributed by atoms with Crippen molar-refractivity contribution in [3.05, 3.63) is 35.4 Å². The Bertz CT molecular complexity index is 404. The minimum absolute atomic E-state index is 0.0681. The van der Waals surface area contributed by atoms with Crippen LogP contribution in [0.4, 0.5) is 4.79 Å². The maximum Gasteiger partial charge on any atom is 0.315 e. The third-order valence-corrected chi connectivity index (χ3v) is 3.63. The van der Waals surface area contributed by atoms with Crippen LogP contribution in [-0.2, 0) is 6.54 Å². The van der Waals surface area contributed by atoms with Crippen LogP contribution in [0.2, 0.25) is 0 Å². The summed E-state index contributed by atoms with van der Waals surface area (Å²) in [4.78, 5) is 11.8. The van der Waals surface area contributed by atoms with Crippen LogP contribution in [0, 0.1) is 12.8 Å². The summed E-state index contributed by atoms with van der Waals surface area (Å²) in [6.45, 7) is 7.81. The summed E-state index contributed by atoms with van der Waals surface area (Å²) in [6, 6.07) is 8.13. The molecule has 0 aliphatic carbocycles. The Morgan fingerprint density at radius 1 is 1.25 bits per heavy atom. The predicted octanol–water partition coefficient (Wildman–Crippen LogP) is 4.01. The zero-order valence-corrected chi connectivity index (χ0v) is 13.0. The molecule has 1 atom stereocenters. The third kappa shape index (κ3) is 6.60. The molecule has 0 saturated heterocycles. The van der Waals surface area contributed by atoms with Crippen LogP contribution in [0.15, 0.2) is 24.3 Å². The molecule has 0 aliphatic rings. The predicted molar refractivity (Wildman–Crippen MR) is 84.7 cm³/mol. The van der Waals surface area contributed by atoms with E-state index in [2.05, 4.69) is 43.5 Å². The van der Waals surface area contributed by atoms with Gasteiger partial charge in [-0.15, -0.1) is 0 Å². The Balaban J connectivity index is 2.26. The first kappa shape index (κ1) is 16.5. The van der Waals surface area contributed by atoms with E-state index in [0.717, 1.165) is 18.5 Å². The van der Waals surface area contributed by atoms with Gasteiger partial charge in [0.05, 0.1) is 0 Å². The third-order valence-electron chi connectivity index (χ3n) is 3.63. The second-order valence-corrected chi connectivity index (χ2v) is 5.47. The Labute approximate surface area is 123 Å². The van der Waals surface area contributed by atoms with Gasteiger partial charge in [-0.05, 0) is 24.8 Å². The highest BCUT2D eigenvalue weighted by Gasteiger charge is 2.07. The monoisotopic (exact) mass is 276 g/mol. The summed E-state index contributed by atoms with van der Waals surface area (Å²) in [5, 5.41) is 5.89. The highest BCUT2D eigenvalue weighted by molar-refractivity contribution is 5.73. The minimum Gasteiger partial charge on any atom is -0.338 e. The van der Waals surface area contributed by atoms with E-state index in [4.69, 9.17) is 0 Å². The normalized spacial score (nSPS) is 11.9. The lowest BCUT2D eigenvalue weighted by Gasteiger charge is -2.15. The van der Waals surface area contributed by atoms with E-state index >= 15 is 0 Å². The maximum absolute atomic E-state index is 11.8. The highest BCUT2D eigenvalue weighted by Crippen LogP contribution is 2.11.